The van der Waals surface area contributed by atoms with Gasteiger partial charge in [0.25, 0.3) is 15.9 Å². The van der Waals surface area contributed by atoms with Gasteiger partial charge in [-0.15, -0.1) is 0 Å². The molecule has 3 aromatic rings. The molecule has 2 N–H and O–H groups in total. The normalized spacial score (nSPS) is 10.9. The lowest BCUT2D eigenvalue weighted by Gasteiger charge is -2.14. The lowest BCUT2D eigenvalue weighted by atomic mass is 10.1. The summed E-state index contributed by atoms with van der Waals surface area (Å²) in [4.78, 5) is 12.4. The molecule has 0 heterocycles. The number of carbonyl (C=O) groups excluding carboxylic acids is 1. The summed E-state index contributed by atoms with van der Waals surface area (Å²) in [5.41, 5.74) is 2.14. The van der Waals surface area contributed by atoms with Crippen LogP contribution in [0.25, 0.3) is 0 Å². The molecule has 0 radical (unpaired) electrons. The minimum Gasteiger partial charge on any atom is -0.495 e. The maximum Gasteiger partial charge on any atom is 0.265 e. The fraction of sp³-hybridized carbons (Fsp3) is 0.174. The van der Waals surface area contributed by atoms with E-state index >= 15 is 0 Å². The molecule has 0 spiro atoms. The number of nitrogens with one attached hydrogen (secondary N) is 2. The zero-order valence-electron chi connectivity index (χ0n) is 17.5. The Hall–Kier alpha value is -3.52. The fourth-order valence-corrected chi connectivity index (χ4v) is 4.20. The van der Waals surface area contributed by atoms with Crippen LogP contribution in [-0.4, -0.2) is 28.0 Å². The van der Waals surface area contributed by atoms with E-state index in [1.807, 2.05) is 19.9 Å². The second-order valence-electron chi connectivity index (χ2n) is 6.75. The highest BCUT2D eigenvalue weighted by molar-refractivity contribution is 7.92. The van der Waals surface area contributed by atoms with Gasteiger partial charge in [-0.05, 0) is 68.4 Å². The summed E-state index contributed by atoms with van der Waals surface area (Å²) in [6, 6.07) is 18.1. The first-order chi connectivity index (χ1) is 14.8. The summed E-state index contributed by atoms with van der Waals surface area (Å²) in [5.74, 6) is 0.465. The first kappa shape index (κ1) is 22.2. The molecule has 0 atom stereocenters. The number of aryl methyl sites for hydroxylation is 1. The Bertz CT molecular complexity index is 1170. The van der Waals surface area contributed by atoms with Crippen molar-refractivity contribution in [3.05, 3.63) is 77.9 Å². The van der Waals surface area contributed by atoms with Crippen LogP contribution in [0.2, 0.25) is 0 Å². The van der Waals surface area contributed by atoms with Gasteiger partial charge in [0, 0.05) is 16.9 Å². The average molecular weight is 441 g/mol. The summed E-state index contributed by atoms with van der Waals surface area (Å²) >= 11 is 0. The fourth-order valence-electron chi connectivity index (χ4n) is 2.95. The van der Waals surface area contributed by atoms with E-state index in [1.165, 1.54) is 19.2 Å². The second-order valence-corrected chi connectivity index (χ2v) is 8.40. The zero-order valence-corrected chi connectivity index (χ0v) is 18.3. The van der Waals surface area contributed by atoms with Gasteiger partial charge < -0.3 is 14.8 Å². The van der Waals surface area contributed by atoms with Crippen LogP contribution in [0, 0.1) is 6.92 Å². The molecule has 0 saturated heterocycles. The molecule has 162 valence electrons. The van der Waals surface area contributed by atoms with Crippen LogP contribution in [-0.2, 0) is 10.0 Å². The number of ether oxygens (including phenoxy) is 2. The molecule has 0 aliphatic rings. The van der Waals surface area contributed by atoms with E-state index in [2.05, 4.69) is 10.0 Å². The number of benzene rings is 3. The maximum atomic E-state index is 13.0. The lowest BCUT2D eigenvalue weighted by molar-refractivity contribution is 0.102. The Labute approximate surface area is 182 Å². The molecule has 3 rings (SSSR count). The largest absolute Gasteiger partial charge is 0.495 e. The van der Waals surface area contributed by atoms with Gasteiger partial charge in [0.05, 0.1) is 13.7 Å². The number of hydrogen-bond acceptors (Lipinski definition) is 5. The number of methoxy groups -OCH3 is 1. The number of hydrogen-bond donors (Lipinski definition) is 2. The van der Waals surface area contributed by atoms with Crippen LogP contribution in [0.4, 0.5) is 11.4 Å². The Morgan fingerprint density at radius 3 is 2.32 bits per heavy atom. The molecule has 0 aromatic heterocycles. The van der Waals surface area contributed by atoms with E-state index in [0.29, 0.717) is 29.3 Å². The minimum atomic E-state index is -3.98. The number of anilines is 2. The molecule has 0 aliphatic heterocycles. The van der Waals surface area contributed by atoms with Gasteiger partial charge in [0.2, 0.25) is 0 Å². The highest BCUT2D eigenvalue weighted by Crippen LogP contribution is 2.29. The van der Waals surface area contributed by atoms with E-state index in [-0.39, 0.29) is 16.6 Å². The molecule has 7 nitrogen and oxygen atoms in total. The average Bonchev–Trinajstić information content (AvgIpc) is 2.75. The zero-order chi connectivity index (χ0) is 22.4. The summed E-state index contributed by atoms with van der Waals surface area (Å²) in [5, 5.41) is 2.73. The monoisotopic (exact) mass is 440 g/mol. The molecule has 0 aliphatic carbocycles. The van der Waals surface area contributed by atoms with Gasteiger partial charge in [-0.3, -0.25) is 9.52 Å². The predicted octanol–water partition coefficient (Wildman–Crippen LogP) is 4.46. The van der Waals surface area contributed by atoms with Crippen molar-refractivity contribution in [2.45, 2.75) is 18.7 Å². The SMILES string of the molecule is CCOc1ccc(NS(=O)(=O)c2cc(NC(=O)c3cccc(C)c3)ccc2OC)cc1. The molecule has 0 fully saturated rings. The standard InChI is InChI=1S/C23H24N2O5S/c1-4-30-20-11-8-18(9-12-20)25-31(27,28)22-15-19(10-13-21(22)29-3)24-23(26)17-7-5-6-16(2)14-17/h5-15,25H,4H2,1-3H3,(H,24,26). The Balaban J connectivity index is 1.86. The number of carbonyl (C=O) groups is 1. The summed E-state index contributed by atoms with van der Waals surface area (Å²) in [6.45, 7) is 4.28. The molecule has 0 bridgehead atoms. The molecule has 31 heavy (non-hydrogen) atoms. The smallest absolute Gasteiger partial charge is 0.265 e. The molecule has 0 saturated carbocycles. The molecule has 3 aromatic carbocycles. The van der Waals surface area contributed by atoms with Gasteiger partial charge in [-0.2, -0.15) is 0 Å². The van der Waals surface area contributed by atoms with Crippen molar-refractivity contribution in [2.75, 3.05) is 23.8 Å². The van der Waals surface area contributed by atoms with Crippen molar-refractivity contribution in [1.82, 2.24) is 0 Å². The Morgan fingerprint density at radius 2 is 1.68 bits per heavy atom. The van der Waals surface area contributed by atoms with Crippen LogP contribution < -0.4 is 19.5 Å². The highest BCUT2D eigenvalue weighted by atomic mass is 32.2. The first-order valence-corrected chi connectivity index (χ1v) is 11.1. The van der Waals surface area contributed by atoms with Gasteiger partial charge in [0.15, 0.2) is 0 Å². The van der Waals surface area contributed by atoms with Gasteiger partial charge in [0.1, 0.15) is 16.4 Å². The third-order valence-corrected chi connectivity index (χ3v) is 5.81. The number of rotatable bonds is 8. The van der Waals surface area contributed by atoms with Crippen LogP contribution in [0.15, 0.2) is 71.6 Å². The molecule has 8 heteroatoms. The van der Waals surface area contributed by atoms with Gasteiger partial charge in [-0.1, -0.05) is 17.7 Å². The van der Waals surface area contributed by atoms with Crippen molar-refractivity contribution < 1.29 is 22.7 Å². The second kappa shape index (κ2) is 9.53. The predicted molar refractivity (Wildman–Crippen MR) is 121 cm³/mol. The van der Waals surface area contributed by atoms with Gasteiger partial charge in [-0.25, -0.2) is 8.42 Å². The molecule has 0 unspecified atom stereocenters. The van der Waals surface area contributed by atoms with Crippen molar-refractivity contribution in [3.63, 3.8) is 0 Å². The van der Waals surface area contributed by atoms with E-state index in [9.17, 15) is 13.2 Å². The van der Waals surface area contributed by atoms with E-state index < -0.39 is 10.0 Å². The Kier molecular flexibility index (Phi) is 6.81. The van der Waals surface area contributed by atoms with Crippen LogP contribution >= 0.6 is 0 Å². The van der Waals surface area contributed by atoms with E-state index in [0.717, 1.165) is 5.56 Å². The molecule has 1 amide bonds. The third-order valence-electron chi connectivity index (χ3n) is 4.41. The third kappa shape index (κ3) is 5.55. The van der Waals surface area contributed by atoms with Gasteiger partial charge >= 0.3 is 0 Å². The summed E-state index contributed by atoms with van der Waals surface area (Å²) < 4.78 is 39.1. The maximum absolute atomic E-state index is 13.0. The van der Waals surface area contributed by atoms with E-state index in [1.54, 1.807) is 48.5 Å². The van der Waals surface area contributed by atoms with Crippen molar-refractivity contribution in [3.8, 4) is 11.5 Å². The Morgan fingerprint density at radius 1 is 0.968 bits per heavy atom. The van der Waals surface area contributed by atoms with Crippen LogP contribution in [0.1, 0.15) is 22.8 Å². The topological polar surface area (TPSA) is 93.7 Å². The number of amides is 1. The van der Waals surface area contributed by atoms with Crippen molar-refractivity contribution in [2.24, 2.45) is 0 Å². The quantitative estimate of drug-likeness (QED) is 0.540. The van der Waals surface area contributed by atoms with Crippen molar-refractivity contribution in [1.29, 1.82) is 0 Å². The summed E-state index contributed by atoms with van der Waals surface area (Å²) in [6.07, 6.45) is 0. The van der Waals surface area contributed by atoms with Crippen LogP contribution in [0.3, 0.4) is 0 Å². The minimum absolute atomic E-state index is 0.0917. The molecular weight excluding hydrogens is 416 g/mol. The van der Waals surface area contributed by atoms with Crippen LogP contribution in [0.5, 0.6) is 11.5 Å². The lowest BCUT2D eigenvalue weighted by Crippen LogP contribution is -2.16. The highest BCUT2D eigenvalue weighted by Gasteiger charge is 2.21. The van der Waals surface area contributed by atoms with Crippen molar-refractivity contribution >= 4 is 27.3 Å². The molecular formula is C23H24N2O5S. The number of sulfonamides is 1. The summed E-state index contributed by atoms with van der Waals surface area (Å²) in [7, 11) is -2.59. The first-order valence-electron chi connectivity index (χ1n) is 9.64. The van der Waals surface area contributed by atoms with E-state index in [4.69, 9.17) is 9.47 Å².